The summed E-state index contributed by atoms with van der Waals surface area (Å²) in [5, 5.41) is 13.3. The van der Waals surface area contributed by atoms with E-state index in [-0.39, 0.29) is 17.6 Å². The molecular weight excluding hydrogens is 220 g/mol. The molecule has 1 rings (SSSR count). The second-order valence-corrected chi connectivity index (χ2v) is 6.20. The van der Waals surface area contributed by atoms with Gasteiger partial charge in [-0.2, -0.15) is 0 Å². The first-order chi connectivity index (χ1) is 7.32. The maximum Gasteiger partial charge on any atom is 0.0798 e. The number of aromatic nitrogens is 1. The van der Waals surface area contributed by atoms with E-state index < -0.39 is 0 Å². The lowest BCUT2D eigenvalue weighted by molar-refractivity contribution is 0.0610. The highest BCUT2D eigenvalue weighted by Crippen LogP contribution is 2.23. The van der Waals surface area contributed by atoms with Gasteiger partial charge in [0.1, 0.15) is 0 Å². The van der Waals surface area contributed by atoms with E-state index in [1.54, 1.807) is 11.3 Å². The number of rotatable bonds is 4. The van der Waals surface area contributed by atoms with Gasteiger partial charge in [0.05, 0.1) is 17.3 Å². The Morgan fingerprint density at radius 2 is 2.12 bits per heavy atom. The molecule has 0 amide bonds. The van der Waals surface area contributed by atoms with Crippen LogP contribution in [0.3, 0.4) is 0 Å². The normalized spacial score (nSPS) is 16.1. The molecule has 0 fully saturated rings. The van der Waals surface area contributed by atoms with Crippen LogP contribution >= 0.6 is 11.3 Å². The lowest BCUT2D eigenvalue weighted by Gasteiger charge is -2.27. The SMILES string of the molecule is Cc1ncsc1C(C)NCC(O)C(C)(C)C. The first-order valence-corrected chi connectivity index (χ1v) is 6.51. The molecule has 0 aliphatic heterocycles. The van der Waals surface area contributed by atoms with Crippen molar-refractivity contribution in [3.05, 3.63) is 16.1 Å². The zero-order valence-corrected chi connectivity index (χ0v) is 11.6. The standard InChI is InChI=1S/C12H22N2OS/c1-8(11-9(2)14-7-16-11)13-6-10(15)12(3,4)5/h7-8,10,13,15H,6H2,1-5H3. The molecule has 1 aromatic heterocycles. The number of aryl methyl sites for hydroxylation is 1. The summed E-state index contributed by atoms with van der Waals surface area (Å²) in [6, 6.07) is 0.254. The molecule has 3 nitrogen and oxygen atoms in total. The number of aliphatic hydroxyl groups is 1. The highest BCUT2D eigenvalue weighted by atomic mass is 32.1. The topological polar surface area (TPSA) is 45.2 Å². The molecule has 1 aromatic rings. The van der Waals surface area contributed by atoms with Gasteiger partial charge in [0.25, 0.3) is 0 Å². The largest absolute Gasteiger partial charge is 0.391 e. The zero-order chi connectivity index (χ0) is 12.3. The predicted octanol–water partition coefficient (Wildman–Crippen LogP) is 2.51. The highest BCUT2D eigenvalue weighted by Gasteiger charge is 2.22. The van der Waals surface area contributed by atoms with Crippen molar-refractivity contribution in [2.24, 2.45) is 5.41 Å². The Morgan fingerprint density at radius 1 is 1.50 bits per heavy atom. The number of hydrogen-bond acceptors (Lipinski definition) is 4. The van der Waals surface area contributed by atoms with E-state index in [1.807, 2.05) is 33.2 Å². The quantitative estimate of drug-likeness (QED) is 0.852. The summed E-state index contributed by atoms with van der Waals surface area (Å²) >= 11 is 1.66. The van der Waals surface area contributed by atoms with Crippen molar-refractivity contribution in [1.82, 2.24) is 10.3 Å². The van der Waals surface area contributed by atoms with Gasteiger partial charge in [0, 0.05) is 17.5 Å². The summed E-state index contributed by atoms with van der Waals surface area (Å²) in [7, 11) is 0. The van der Waals surface area contributed by atoms with E-state index in [0.717, 1.165) is 5.69 Å². The summed E-state index contributed by atoms with van der Waals surface area (Å²) in [6.07, 6.45) is -0.330. The molecule has 0 radical (unpaired) electrons. The number of hydrogen-bond donors (Lipinski definition) is 2. The lowest BCUT2D eigenvalue weighted by atomic mass is 9.89. The van der Waals surface area contributed by atoms with Gasteiger partial charge in [-0.05, 0) is 19.3 Å². The van der Waals surface area contributed by atoms with Crippen molar-refractivity contribution in [1.29, 1.82) is 0 Å². The lowest BCUT2D eigenvalue weighted by Crippen LogP contribution is -2.37. The van der Waals surface area contributed by atoms with Gasteiger partial charge in [0.2, 0.25) is 0 Å². The van der Waals surface area contributed by atoms with E-state index in [4.69, 9.17) is 0 Å². The smallest absolute Gasteiger partial charge is 0.0798 e. The fourth-order valence-electron chi connectivity index (χ4n) is 1.41. The Morgan fingerprint density at radius 3 is 2.56 bits per heavy atom. The molecule has 92 valence electrons. The molecule has 0 spiro atoms. The molecule has 0 saturated heterocycles. The summed E-state index contributed by atoms with van der Waals surface area (Å²) in [6.45, 7) is 10.9. The van der Waals surface area contributed by atoms with Crippen LogP contribution in [0.1, 0.15) is 44.3 Å². The molecule has 0 aliphatic rings. The maximum atomic E-state index is 9.93. The molecule has 2 N–H and O–H groups in total. The second kappa shape index (κ2) is 5.25. The van der Waals surface area contributed by atoms with Gasteiger partial charge in [-0.1, -0.05) is 20.8 Å². The van der Waals surface area contributed by atoms with E-state index >= 15 is 0 Å². The van der Waals surface area contributed by atoms with Crippen molar-refractivity contribution in [2.45, 2.75) is 46.8 Å². The number of aliphatic hydroxyl groups excluding tert-OH is 1. The van der Waals surface area contributed by atoms with Gasteiger partial charge in [0.15, 0.2) is 0 Å². The molecule has 2 atom stereocenters. The van der Waals surface area contributed by atoms with Crippen molar-refractivity contribution in [3.8, 4) is 0 Å². The van der Waals surface area contributed by atoms with Crippen LogP contribution in [-0.4, -0.2) is 22.7 Å². The minimum absolute atomic E-state index is 0.0739. The molecule has 0 aromatic carbocycles. The Kier molecular flexibility index (Phi) is 4.47. The van der Waals surface area contributed by atoms with Crippen LogP contribution in [0.25, 0.3) is 0 Å². The second-order valence-electron chi connectivity index (χ2n) is 5.31. The first-order valence-electron chi connectivity index (χ1n) is 5.64. The predicted molar refractivity (Wildman–Crippen MR) is 68.7 cm³/mol. The third kappa shape index (κ3) is 3.54. The van der Waals surface area contributed by atoms with E-state index in [9.17, 15) is 5.11 Å². The summed E-state index contributed by atoms with van der Waals surface area (Å²) < 4.78 is 0. The average molecular weight is 242 g/mol. The minimum Gasteiger partial charge on any atom is -0.391 e. The van der Waals surface area contributed by atoms with Gasteiger partial charge >= 0.3 is 0 Å². The van der Waals surface area contributed by atoms with Crippen LogP contribution in [0.15, 0.2) is 5.51 Å². The number of thiazole rings is 1. The van der Waals surface area contributed by atoms with Crippen molar-refractivity contribution in [3.63, 3.8) is 0 Å². The summed E-state index contributed by atoms with van der Waals surface area (Å²) in [4.78, 5) is 5.48. The maximum absolute atomic E-state index is 9.93. The van der Waals surface area contributed by atoms with Crippen LogP contribution in [0.5, 0.6) is 0 Å². The van der Waals surface area contributed by atoms with Crippen molar-refractivity contribution < 1.29 is 5.11 Å². The average Bonchev–Trinajstić information content (AvgIpc) is 2.58. The third-order valence-corrected chi connectivity index (χ3v) is 3.91. The van der Waals surface area contributed by atoms with Crippen LogP contribution in [0.4, 0.5) is 0 Å². The Bertz CT molecular complexity index is 330. The van der Waals surface area contributed by atoms with Crippen LogP contribution < -0.4 is 5.32 Å². The fourth-order valence-corrected chi connectivity index (χ4v) is 2.25. The van der Waals surface area contributed by atoms with E-state index in [2.05, 4.69) is 17.2 Å². The highest BCUT2D eigenvalue weighted by molar-refractivity contribution is 7.09. The van der Waals surface area contributed by atoms with Crippen LogP contribution in [0, 0.1) is 12.3 Å². The molecule has 16 heavy (non-hydrogen) atoms. The van der Waals surface area contributed by atoms with Crippen molar-refractivity contribution >= 4 is 11.3 Å². The molecular formula is C12H22N2OS. The minimum atomic E-state index is -0.330. The molecule has 4 heteroatoms. The Balaban J connectivity index is 2.48. The molecule has 0 saturated carbocycles. The molecule has 2 unspecified atom stereocenters. The van der Waals surface area contributed by atoms with Gasteiger partial charge in [-0.25, -0.2) is 4.98 Å². The van der Waals surface area contributed by atoms with Gasteiger partial charge < -0.3 is 10.4 Å². The molecule has 0 aliphatic carbocycles. The summed E-state index contributed by atoms with van der Waals surface area (Å²) in [5.41, 5.74) is 2.87. The number of nitrogens with one attached hydrogen (secondary N) is 1. The summed E-state index contributed by atoms with van der Waals surface area (Å²) in [5.74, 6) is 0. The van der Waals surface area contributed by atoms with Crippen LogP contribution in [0.2, 0.25) is 0 Å². The zero-order valence-electron chi connectivity index (χ0n) is 10.7. The third-order valence-electron chi connectivity index (χ3n) is 2.79. The van der Waals surface area contributed by atoms with E-state index in [0.29, 0.717) is 6.54 Å². The van der Waals surface area contributed by atoms with Crippen molar-refractivity contribution in [2.75, 3.05) is 6.54 Å². The molecule has 1 heterocycles. The Hall–Kier alpha value is -0.450. The number of nitrogens with zero attached hydrogens (tertiary/aromatic N) is 1. The molecule has 0 bridgehead atoms. The monoisotopic (exact) mass is 242 g/mol. The first kappa shape index (κ1) is 13.6. The van der Waals surface area contributed by atoms with Gasteiger partial charge in [-0.3, -0.25) is 0 Å². The Labute approximate surface area is 102 Å². The van der Waals surface area contributed by atoms with E-state index in [1.165, 1.54) is 4.88 Å². The van der Waals surface area contributed by atoms with Crippen LogP contribution in [-0.2, 0) is 0 Å². The van der Waals surface area contributed by atoms with Gasteiger partial charge in [-0.15, -0.1) is 11.3 Å². The fraction of sp³-hybridized carbons (Fsp3) is 0.750.